The van der Waals surface area contributed by atoms with Crippen molar-refractivity contribution in [1.29, 1.82) is 0 Å². The summed E-state index contributed by atoms with van der Waals surface area (Å²) in [6.07, 6.45) is -1.74. The first-order chi connectivity index (χ1) is 24.6. The minimum Gasteiger partial charge on any atom is -0.497 e. The predicted molar refractivity (Wildman–Crippen MR) is 192 cm³/mol. The molecule has 51 heavy (non-hydrogen) atoms. The van der Waals surface area contributed by atoms with Gasteiger partial charge in [0.1, 0.15) is 29.3 Å². The van der Waals surface area contributed by atoms with Crippen molar-refractivity contribution in [3.63, 3.8) is 0 Å². The molecule has 1 aliphatic rings. The van der Waals surface area contributed by atoms with Crippen LogP contribution in [0.5, 0.6) is 11.5 Å². The van der Waals surface area contributed by atoms with Crippen LogP contribution in [0.4, 0.5) is 5.95 Å². The highest BCUT2D eigenvalue weighted by atomic mass is 32.2. The van der Waals surface area contributed by atoms with Crippen LogP contribution in [0, 0.1) is 5.92 Å². The van der Waals surface area contributed by atoms with E-state index in [2.05, 4.69) is 20.3 Å². The highest BCUT2D eigenvalue weighted by Gasteiger charge is 2.49. The molecule has 0 unspecified atom stereocenters. The number of aromatic amines is 1. The summed E-state index contributed by atoms with van der Waals surface area (Å²) in [6.45, 7) is 3.32. The maximum atomic E-state index is 13.0. The Labute approximate surface area is 298 Å². The first-order valence-electron chi connectivity index (χ1n) is 16.3. The van der Waals surface area contributed by atoms with E-state index in [1.807, 2.05) is 78.9 Å². The highest BCUT2D eigenvalue weighted by molar-refractivity contribution is 7.91. The second-order valence-corrected chi connectivity index (χ2v) is 13.1. The van der Waals surface area contributed by atoms with Crippen molar-refractivity contribution < 1.29 is 33.4 Å². The van der Waals surface area contributed by atoms with E-state index in [0.717, 1.165) is 16.7 Å². The number of methoxy groups -OCH3 is 2. The molecule has 5 aromatic rings. The van der Waals surface area contributed by atoms with Crippen molar-refractivity contribution in [2.75, 3.05) is 33.2 Å². The maximum Gasteiger partial charge on any atom is 0.280 e. The monoisotopic (exact) mass is 716 g/mol. The third-order valence-electron chi connectivity index (χ3n) is 9.00. The van der Waals surface area contributed by atoms with Crippen LogP contribution in [0.15, 0.2) is 90.0 Å². The van der Waals surface area contributed by atoms with E-state index in [4.69, 9.17) is 18.9 Å². The molecule has 0 radical (unpaired) electrons. The van der Waals surface area contributed by atoms with Crippen molar-refractivity contribution in [2.45, 2.75) is 43.9 Å². The fourth-order valence-electron chi connectivity index (χ4n) is 6.26. The van der Waals surface area contributed by atoms with Gasteiger partial charge in [-0.25, -0.2) is 9.29 Å². The molecule has 4 N–H and O–H groups in total. The number of carbonyl (C=O) groups excluding carboxylic acids is 1. The number of nitrogens with one attached hydrogen (secondary N) is 2. The van der Waals surface area contributed by atoms with E-state index < -0.39 is 35.6 Å². The standard InChI is InChI=1S/C36H40N6O8S/c1-21(2)32(44)39-35-38-31-28(33(45)40-35)37-20-42(31)34-29(41(3)51-46)30(43)27(50-34)19-49-36(22-9-7-6-8-10-22,23-11-15-25(47-4)16-12-23)24-13-17-26(48-5)18-14-24/h6-18,20-21,27,29-30,34,43,46H,19H2,1-5H3,(H2,38,39,40,44,45)/t27-,29-,30-,34-/m1/s1. The minimum atomic E-state index is -1.19. The number of nitrogens with zero attached hydrogens (tertiary/aromatic N) is 4. The van der Waals surface area contributed by atoms with Crippen LogP contribution in [0.1, 0.15) is 36.8 Å². The summed E-state index contributed by atoms with van der Waals surface area (Å²) < 4.78 is 37.6. The third-order valence-corrected chi connectivity index (χ3v) is 9.50. The average Bonchev–Trinajstić information content (AvgIpc) is 3.73. The number of fused-ring (bicyclic) bond motifs is 1. The van der Waals surface area contributed by atoms with Crippen molar-refractivity contribution in [3.8, 4) is 11.5 Å². The second kappa shape index (κ2) is 15.2. The Balaban J connectivity index is 1.41. The van der Waals surface area contributed by atoms with E-state index in [1.165, 1.54) is 15.2 Å². The molecule has 268 valence electrons. The predicted octanol–water partition coefficient (Wildman–Crippen LogP) is 4.42. The van der Waals surface area contributed by atoms with E-state index >= 15 is 0 Å². The number of benzene rings is 3. The number of aliphatic hydroxyl groups is 1. The molecule has 0 aliphatic carbocycles. The van der Waals surface area contributed by atoms with Gasteiger partial charge in [0.25, 0.3) is 5.56 Å². The molecule has 14 nitrogen and oxygen atoms in total. The summed E-state index contributed by atoms with van der Waals surface area (Å²) in [5, 5.41) is 14.5. The van der Waals surface area contributed by atoms with Crippen LogP contribution in [-0.2, 0) is 19.9 Å². The number of amides is 1. The normalized spacial score (nSPS) is 19.2. The third kappa shape index (κ3) is 6.96. The van der Waals surface area contributed by atoms with Crippen molar-refractivity contribution in [1.82, 2.24) is 23.8 Å². The molecule has 4 atom stereocenters. The molecule has 0 spiro atoms. The maximum absolute atomic E-state index is 13.0. The van der Waals surface area contributed by atoms with Gasteiger partial charge in [-0.05, 0) is 41.0 Å². The minimum absolute atomic E-state index is 0.00972. The molecule has 1 saturated heterocycles. The number of imidazole rings is 1. The van der Waals surface area contributed by atoms with Gasteiger partial charge in [0, 0.05) is 13.0 Å². The summed E-state index contributed by atoms with van der Waals surface area (Å²) in [4.78, 5) is 36.7. The topological polar surface area (TPSA) is 173 Å². The van der Waals surface area contributed by atoms with Crippen LogP contribution in [0.2, 0.25) is 0 Å². The van der Waals surface area contributed by atoms with Gasteiger partial charge in [0.2, 0.25) is 11.9 Å². The van der Waals surface area contributed by atoms with Gasteiger partial charge in [0.05, 0.1) is 45.4 Å². The van der Waals surface area contributed by atoms with Crippen LogP contribution < -0.4 is 20.3 Å². The zero-order valence-electron chi connectivity index (χ0n) is 28.7. The molecule has 1 amide bonds. The molecule has 1 aliphatic heterocycles. The Morgan fingerprint density at radius 1 is 1.02 bits per heavy atom. The second-order valence-electron chi connectivity index (χ2n) is 12.4. The smallest absolute Gasteiger partial charge is 0.280 e. The molecule has 6 rings (SSSR count). The van der Waals surface area contributed by atoms with Crippen LogP contribution in [-0.4, -0.2) is 85.5 Å². The zero-order chi connectivity index (χ0) is 36.3. The van der Waals surface area contributed by atoms with E-state index in [0.29, 0.717) is 23.7 Å². The Morgan fingerprint density at radius 3 is 2.16 bits per heavy atom. The first kappa shape index (κ1) is 36.0. The van der Waals surface area contributed by atoms with Crippen molar-refractivity contribution in [3.05, 3.63) is 112 Å². The summed E-state index contributed by atoms with van der Waals surface area (Å²) >= 11 is 0.423. The lowest BCUT2D eigenvalue weighted by Gasteiger charge is -2.37. The van der Waals surface area contributed by atoms with Crippen molar-refractivity contribution >= 4 is 35.2 Å². The molecule has 2 aromatic heterocycles. The number of hydrogen-bond acceptors (Lipinski definition) is 12. The quantitative estimate of drug-likeness (QED) is 0.0769. The first-order valence-corrected chi connectivity index (χ1v) is 17.0. The molecular formula is C36H40N6O8S. The van der Waals surface area contributed by atoms with E-state index in [-0.39, 0.29) is 35.5 Å². The molecule has 3 aromatic carbocycles. The molecular weight excluding hydrogens is 676 g/mol. The Bertz CT molecular complexity index is 1960. The highest BCUT2D eigenvalue weighted by Crippen LogP contribution is 2.43. The van der Waals surface area contributed by atoms with Crippen LogP contribution in [0.25, 0.3) is 11.2 Å². The zero-order valence-corrected chi connectivity index (χ0v) is 29.5. The van der Waals surface area contributed by atoms with Gasteiger partial charge in [0.15, 0.2) is 17.4 Å². The van der Waals surface area contributed by atoms with Crippen LogP contribution >= 0.6 is 12.2 Å². The lowest BCUT2D eigenvalue weighted by atomic mass is 9.80. The lowest BCUT2D eigenvalue weighted by molar-refractivity contribution is -0.118. The summed E-state index contributed by atoms with van der Waals surface area (Å²) in [7, 11) is 4.81. The number of carbonyl (C=O) groups is 1. The fraction of sp³-hybridized carbons (Fsp3) is 0.333. The number of ether oxygens (including phenoxy) is 4. The number of aromatic nitrogens is 4. The number of hydrogen-bond donors (Lipinski definition) is 4. The van der Waals surface area contributed by atoms with Gasteiger partial charge < -0.3 is 28.6 Å². The molecule has 0 saturated carbocycles. The van der Waals surface area contributed by atoms with Crippen molar-refractivity contribution in [2.24, 2.45) is 5.92 Å². The Hall–Kier alpha value is -4.77. The Kier molecular flexibility index (Phi) is 10.8. The number of likely N-dealkylation sites (N-methyl/N-ethyl adjacent to an activating group) is 1. The summed E-state index contributed by atoms with van der Waals surface area (Å²) in [5.41, 5.74) is 0.789. The molecule has 1 fully saturated rings. The molecule has 0 bridgehead atoms. The molecule has 3 heterocycles. The van der Waals surface area contributed by atoms with E-state index in [1.54, 1.807) is 35.1 Å². The fourth-order valence-corrected chi connectivity index (χ4v) is 6.60. The van der Waals surface area contributed by atoms with Crippen LogP contribution in [0.3, 0.4) is 0 Å². The molecule has 15 heteroatoms. The number of rotatable bonds is 13. The summed E-state index contributed by atoms with van der Waals surface area (Å²) in [6, 6.07) is 24.0. The van der Waals surface area contributed by atoms with Gasteiger partial charge in [-0.3, -0.25) is 24.5 Å². The summed E-state index contributed by atoms with van der Waals surface area (Å²) in [5.74, 6) is 0.598. The van der Waals surface area contributed by atoms with E-state index in [9.17, 15) is 19.2 Å². The SMILES string of the molecule is COc1ccc(C(OC[C@H]2O[C@@H](n3cnc4c(=O)[nH]c(NC(=O)C(C)C)nc43)[C@H](N(C)SO)[C@@H]2O)(c2ccccc2)c2ccc(OC)cc2)cc1. The number of aliphatic hydroxyl groups excluding tert-OH is 1. The largest absolute Gasteiger partial charge is 0.497 e. The van der Waals surface area contributed by atoms with Gasteiger partial charge in [-0.2, -0.15) is 4.98 Å². The van der Waals surface area contributed by atoms with Gasteiger partial charge >= 0.3 is 0 Å². The number of anilines is 1. The Morgan fingerprint density at radius 2 is 1.61 bits per heavy atom. The number of H-pyrrole nitrogens is 1. The average molecular weight is 717 g/mol. The van der Waals surface area contributed by atoms with Gasteiger partial charge in [-0.1, -0.05) is 68.4 Å². The lowest BCUT2D eigenvalue weighted by Crippen LogP contribution is -2.43. The van der Waals surface area contributed by atoms with Gasteiger partial charge in [-0.15, -0.1) is 0 Å².